The van der Waals surface area contributed by atoms with Crippen LogP contribution in [0.4, 0.5) is 11.4 Å². The molecule has 0 fully saturated rings. The highest BCUT2D eigenvalue weighted by Gasteiger charge is 2.17. The van der Waals surface area contributed by atoms with E-state index < -0.39 is 0 Å². The van der Waals surface area contributed by atoms with E-state index in [-0.39, 0.29) is 0 Å². The van der Waals surface area contributed by atoms with Crippen molar-refractivity contribution in [3.05, 3.63) is 59.9 Å². The minimum absolute atomic E-state index is 0.588. The third kappa shape index (κ3) is 2.28. The van der Waals surface area contributed by atoms with E-state index in [4.69, 9.17) is 5.73 Å². The Bertz CT molecular complexity index is 674. The van der Waals surface area contributed by atoms with Crippen LogP contribution in [0.25, 0.3) is 5.70 Å². The highest BCUT2D eigenvalue weighted by atomic mass is 15.2. The molecule has 1 aliphatic heterocycles. The minimum Gasteiger partial charge on any atom is -0.399 e. The third-order valence-corrected chi connectivity index (χ3v) is 3.33. The van der Waals surface area contributed by atoms with Crippen LogP contribution in [-0.4, -0.2) is 17.9 Å². The van der Waals surface area contributed by atoms with Gasteiger partial charge >= 0.3 is 0 Å². The van der Waals surface area contributed by atoms with Crippen molar-refractivity contribution >= 4 is 23.3 Å². The number of allylic oxidation sites excluding steroid dienone is 1. The number of hydrogen-bond donors (Lipinski definition) is 1. The lowest BCUT2D eigenvalue weighted by Crippen LogP contribution is -2.25. The molecule has 4 nitrogen and oxygen atoms in total. The Kier molecular flexibility index (Phi) is 3.21. The number of benzene rings is 1. The van der Waals surface area contributed by atoms with Crippen molar-refractivity contribution in [2.45, 2.75) is 6.92 Å². The van der Waals surface area contributed by atoms with E-state index in [2.05, 4.69) is 21.8 Å². The molecule has 20 heavy (non-hydrogen) atoms. The molecule has 0 bridgehead atoms. The largest absolute Gasteiger partial charge is 0.399 e. The first-order chi connectivity index (χ1) is 9.75. The van der Waals surface area contributed by atoms with Gasteiger partial charge in [0, 0.05) is 35.5 Å². The van der Waals surface area contributed by atoms with Crippen molar-refractivity contribution in [1.29, 1.82) is 0 Å². The van der Waals surface area contributed by atoms with Gasteiger partial charge in [-0.3, -0.25) is 9.98 Å². The van der Waals surface area contributed by atoms with Gasteiger partial charge in [-0.15, -0.1) is 0 Å². The third-order valence-electron chi connectivity index (χ3n) is 3.33. The Morgan fingerprint density at radius 2 is 2.15 bits per heavy atom. The molecule has 1 aromatic heterocycles. The van der Waals surface area contributed by atoms with Gasteiger partial charge in [0.25, 0.3) is 0 Å². The number of aromatic nitrogens is 1. The van der Waals surface area contributed by atoms with Gasteiger partial charge in [-0.2, -0.15) is 0 Å². The highest BCUT2D eigenvalue weighted by Crippen LogP contribution is 2.31. The molecule has 2 N–H and O–H groups in total. The summed E-state index contributed by atoms with van der Waals surface area (Å²) < 4.78 is 0. The number of pyridine rings is 1. The van der Waals surface area contributed by atoms with Crippen molar-refractivity contribution < 1.29 is 0 Å². The first-order valence-corrected chi connectivity index (χ1v) is 6.50. The monoisotopic (exact) mass is 264 g/mol. The maximum atomic E-state index is 5.92. The van der Waals surface area contributed by atoms with Crippen LogP contribution >= 0.6 is 0 Å². The van der Waals surface area contributed by atoms with Crippen LogP contribution in [0.2, 0.25) is 0 Å². The van der Waals surface area contributed by atoms with Crippen molar-refractivity contribution in [1.82, 2.24) is 4.98 Å². The molecule has 4 heteroatoms. The highest BCUT2D eigenvalue weighted by molar-refractivity contribution is 5.93. The summed E-state index contributed by atoms with van der Waals surface area (Å²) in [5.41, 5.74) is 11.1. The van der Waals surface area contributed by atoms with Crippen molar-refractivity contribution in [2.24, 2.45) is 4.99 Å². The van der Waals surface area contributed by atoms with Crippen LogP contribution in [0, 0.1) is 6.92 Å². The summed E-state index contributed by atoms with van der Waals surface area (Å²) in [6, 6.07) is 9.92. The maximum absolute atomic E-state index is 5.92. The smallest absolute Gasteiger partial charge is 0.114 e. The molecule has 2 aromatic rings. The fraction of sp³-hybridized carbons (Fsp3) is 0.125. The molecule has 0 amide bonds. The second kappa shape index (κ2) is 5.17. The van der Waals surface area contributed by atoms with Crippen LogP contribution < -0.4 is 10.6 Å². The standard InChI is InChI=1S/C16H16N4/c1-12-4-5-14(17)9-16(12)20-11-19-8-6-15(20)13-3-2-7-18-10-13/h2-10H,11,17H2,1H3. The van der Waals surface area contributed by atoms with Crippen LogP contribution in [0.3, 0.4) is 0 Å². The first kappa shape index (κ1) is 12.4. The van der Waals surface area contributed by atoms with Gasteiger partial charge in [-0.1, -0.05) is 6.07 Å². The second-order valence-electron chi connectivity index (χ2n) is 4.74. The van der Waals surface area contributed by atoms with Crippen molar-refractivity contribution in [3.8, 4) is 0 Å². The summed E-state index contributed by atoms with van der Waals surface area (Å²) in [7, 11) is 0. The number of anilines is 2. The Morgan fingerprint density at radius 3 is 2.95 bits per heavy atom. The Hall–Kier alpha value is -2.62. The SMILES string of the molecule is Cc1ccc(N)cc1N1CN=CC=C1c1cccnc1. The van der Waals surface area contributed by atoms with Crippen molar-refractivity contribution in [3.63, 3.8) is 0 Å². The zero-order valence-electron chi connectivity index (χ0n) is 11.3. The molecule has 0 radical (unpaired) electrons. The molecule has 0 atom stereocenters. The van der Waals surface area contributed by atoms with Crippen molar-refractivity contribution in [2.75, 3.05) is 17.3 Å². The number of hydrogen-bond acceptors (Lipinski definition) is 4. The predicted molar refractivity (Wildman–Crippen MR) is 83.6 cm³/mol. The van der Waals surface area contributed by atoms with E-state index >= 15 is 0 Å². The molecule has 100 valence electrons. The summed E-state index contributed by atoms with van der Waals surface area (Å²) in [4.78, 5) is 10.7. The summed E-state index contributed by atoms with van der Waals surface area (Å²) in [6.07, 6.45) is 7.47. The Labute approximate surface area is 118 Å². The number of aryl methyl sites for hydroxylation is 1. The van der Waals surface area contributed by atoms with Crippen LogP contribution in [-0.2, 0) is 0 Å². The number of nitrogens with zero attached hydrogens (tertiary/aromatic N) is 3. The fourth-order valence-corrected chi connectivity index (χ4v) is 2.31. The molecule has 0 saturated carbocycles. The summed E-state index contributed by atoms with van der Waals surface area (Å²) in [6.45, 7) is 2.67. The fourth-order valence-electron chi connectivity index (χ4n) is 2.31. The van der Waals surface area contributed by atoms with Gasteiger partial charge in [-0.05, 0) is 42.8 Å². The molecule has 0 unspecified atom stereocenters. The lowest BCUT2D eigenvalue weighted by molar-refractivity contribution is 0.977. The molecular weight excluding hydrogens is 248 g/mol. The van der Waals surface area contributed by atoms with E-state index in [1.54, 1.807) is 6.20 Å². The summed E-state index contributed by atoms with van der Waals surface area (Å²) in [5, 5.41) is 0. The maximum Gasteiger partial charge on any atom is 0.114 e. The zero-order chi connectivity index (χ0) is 13.9. The molecule has 0 spiro atoms. The summed E-state index contributed by atoms with van der Waals surface area (Å²) in [5.74, 6) is 0. The van der Waals surface area contributed by atoms with Gasteiger partial charge in [0.1, 0.15) is 6.67 Å². The van der Waals surface area contributed by atoms with Gasteiger partial charge in [0.05, 0.1) is 5.70 Å². The van der Waals surface area contributed by atoms with Crippen LogP contribution in [0.15, 0.2) is 53.8 Å². The van der Waals surface area contributed by atoms with Gasteiger partial charge in [-0.25, -0.2) is 0 Å². The molecule has 0 saturated heterocycles. The predicted octanol–water partition coefficient (Wildman–Crippen LogP) is 2.86. The Morgan fingerprint density at radius 1 is 1.25 bits per heavy atom. The second-order valence-corrected chi connectivity index (χ2v) is 4.74. The van der Waals surface area contributed by atoms with Gasteiger partial charge < -0.3 is 10.6 Å². The van der Waals surface area contributed by atoms with Crippen LogP contribution in [0.5, 0.6) is 0 Å². The Balaban J connectivity index is 2.07. The molecule has 3 rings (SSSR count). The number of rotatable bonds is 2. The van der Waals surface area contributed by atoms with Gasteiger partial charge in [0.15, 0.2) is 0 Å². The quantitative estimate of drug-likeness (QED) is 0.849. The topological polar surface area (TPSA) is 54.5 Å². The first-order valence-electron chi connectivity index (χ1n) is 6.50. The number of nitrogens with two attached hydrogens (primary N) is 1. The van der Waals surface area contributed by atoms with E-state index in [9.17, 15) is 0 Å². The summed E-state index contributed by atoms with van der Waals surface area (Å²) >= 11 is 0. The molecule has 1 aliphatic rings. The molecular formula is C16H16N4. The lowest BCUT2D eigenvalue weighted by atomic mass is 10.1. The average Bonchev–Trinajstić information content (AvgIpc) is 2.51. The van der Waals surface area contributed by atoms with E-state index in [0.717, 1.165) is 22.6 Å². The van der Waals surface area contributed by atoms with E-state index in [0.29, 0.717) is 6.67 Å². The van der Waals surface area contributed by atoms with Crippen LogP contribution in [0.1, 0.15) is 11.1 Å². The minimum atomic E-state index is 0.588. The number of nitrogen functional groups attached to an aromatic ring is 1. The molecule has 2 heterocycles. The number of aliphatic imine (C=N–C) groups is 1. The normalized spacial score (nSPS) is 14.2. The molecule has 0 aliphatic carbocycles. The zero-order valence-corrected chi connectivity index (χ0v) is 11.3. The average molecular weight is 264 g/mol. The van der Waals surface area contributed by atoms with E-state index in [1.807, 2.05) is 48.8 Å². The molecule has 1 aromatic carbocycles. The van der Waals surface area contributed by atoms with Gasteiger partial charge in [0.2, 0.25) is 0 Å². The lowest BCUT2D eigenvalue weighted by Gasteiger charge is -2.29. The van der Waals surface area contributed by atoms with E-state index in [1.165, 1.54) is 5.56 Å².